The molecule has 0 saturated carbocycles. The number of hydrogen-bond donors (Lipinski definition) is 0. The van der Waals surface area contributed by atoms with Crippen LogP contribution >= 0.6 is 11.3 Å². The molecule has 3 heterocycles. The first kappa shape index (κ1) is 21.0. The highest BCUT2D eigenvalue weighted by molar-refractivity contribution is 7.20. The second kappa shape index (κ2) is 8.22. The predicted molar refractivity (Wildman–Crippen MR) is 129 cm³/mol. The van der Waals surface area contributed by atoms with Crippen LogP contribution in [0.1, 0.15) is 20.8 Å². The molecular weight excluding hydrogens is 438 g/mol. The fourth-order valence-corrected chi connectivity index (χ4v) is 4.93. The smallest absolute Gasteiger partial charge is 0.348 e. The molecule has 7 nitrogen and oxygen atoms in total. The number of aryl methyl sites for hydroxylation is 2. The van der Waals surface area contributed by atoms with E-state index in [4.69, 9.17) is 4.74 Å². The van der Waals surface area contributed by atoms with Crippen LogP contribution in [0.3, 0.4) is 0 Å². The van der Waals surface area contributed by atoms with E-state index in [0.29, 0.717) is 10.2 Å². The summed E-state index contributed by atoms with van der Waals surface area (Å²) >= 11 is 1.09. The van der Waals surface area contributed by atoms with Gasteiger partial charge in [0.05, 0.1) is 11.9 Å². The van der Waals surface area contributed by atoms with E-state index in [0.717, 1.165) is 33.4 Å². The molecule has 0 bridgehead atoms. The largest absolute Gasteiger partial charge is 0.457 e. The van der Waals surface area contributed by atoms with E-state index in [1.165, 1.54) is 15.2 Å². The average molecular weight is 460 g/mol. The maximum Gasteiger partial charge on any atom is 0.348 e. The van der Waals surface area contributed by atoms with Gasteiger partial charge < -0.3 is 9.30 Å². The van der Waals surface area contributed by atoms with Crippen molar-refractivity contribution in [3.63, 3.8) is 0 Å². The maximum absolute atomic E-state index is 13.0. The number of ether oxygens (including phenoxy) is 1. The number of nitrogens with zero attached hydrogens (tertiary/aromatic N) is 3. The molecular formula is C25H21N3O4S. The molecule has 0 N–H and O–H groups in total. The summed E-state index contributed by atoms with van der Waals surface area (Å²) in [6.07, 6.45) is 1.98. The molecule has 166 valence electrons. The molecule has 5 aromatic rings. The van der Waals surface area contributed by atoms with Crippen molar-refractivity contribution in [2.24, 2.45) is 14.1 Å². The van der Waals surface area contributed by atoms with Gasteiger partial charge in [-0.2, -0.15) is 0 Å². The Morgan fingerprint density at radius 3 is 2.55 bits per heavy atom. The van der Waals surface area contributed by atoms with Gasteiger partial charge in [0.15, 0.2) is 0 Å². The number of esters is 1. The van der Waals surface area contributed by atoms with E-state index in [1.807, 2.05) is 72.4 Å². The van der Waals surface area contributed by atoms with Crippen LogP contribution in [-0.2, 0) is 32.0 Å². The molecule has 0 aliphatic heterocycles. The van der Waals surface area contributed by atoms with Crippen LogP contribution in [0, 0.1) is 0 Å². The van der Waals surface area contributed by atoms with Crippen LogP contribution in [0.5, 0.6) is 0 Å². The molecule has 0 saturated heterocycles. The molecule has 0 atom stereocenters. The lowest BCUT2D eigenvalue weighted by atomic mass is 10.2. The number of carbonyl (C=O) groups is 1. The zero-order chi connectivity index (χ0) is 23.1. The van der Waals surface area contributed by atoms with Crippen molar-refractivity contribution in [3.05, 3.63) is 104 Å². The summed E-state index contributed by atoms with van der Waals surface area (Å²) in [5, 5.41) is 1.40. The summed E-state index contributed by atoms with van der Waals surface area (Å²) in [6.45, 7) is 0.287. The molecule has 3 aromatic heterocycles. The third-order valence-electron chi connectivity index (χ3n) is 5.71. The fraction of sp³-hybridized carbons (Fsp3) is 0.160. The summed E-state index contributed by atoms with van der Waals surface area (Å²) < 4.78 is 10.1. The van der Waals surface area contributed by atoms with Gasteiger partial charge in [0.25, 0.3) is 5.56 Å². The van der Waals surface area contributed by atoms with Crippen molar-refractivity contribution >= 4 is 38.4 Å². The third-order valence-corrected chi connectivity index (χ3v) is 6.91. The number of rotatable bonds is 5. The topological polar surface area (TPSA) is 75.2 Å². The molecule has 0 unspecified atom stereocenters. The Kier molecular flexibility index (Phi) is 5.22. The molecule has 0 amide bonds. The van der Waals surface area contributed by atoms with Gasteiger partial charge in [-0.15, -0.1) is 11.3 Å². The monoisotopic (exact) mass is 459 g/mol. The number of fused-ring (bicyclic) bond motifs is 2. The fourth-order valence-electron chi connectivity index (χ4n) is 3.93. The van der Waals surface area contributed by atoms with Crippen LogP contribution in [0.25, 0.3) is 21.1 Å². The highest BCUT2D eigenvalue weighted by atomic mass is 32.1. The third kappa shape index (κ3) is 3.78. The number of hydrogen-bond acceptors (Lipinski definition) is 5. The second-order valence-electron chi connectivity index (χ2n) is 7.94. The molecule has 33 heavy (non-hydrogen) atoms. The first-order valence-corrected chi connectivity index (χ1v) is 11.2. The van der Waals surface area contributed by atoms with E-state index < -0.39 is 17.2 Å². The predicted octanol–water partition coefficient (Wildman–Crippen LogP) is 3.66. The minimum atomic E-state index is -0.522. The van der Waals surface area contributed by atoms with Gasteiger partial charge in [-0.25, -0.2) is 9.59 Å². The molecule has 0 radical (unpaired) electrons. The highest BCUT2D eigenvalue weighted by Crippen LogP contribution is 2.23. The molecule has 0 fully saturated rings. The summed E-state index contributed by atoms with van der Waals surface area (Å²) in [4.78, 5) is 39.3. The van der Waals surface area contributed by atoms with Gasteiger partial charge >= 0.3 is 11.7 Å². The van der Waals surface area contributed by atoms with Crippen LogP contribution < -0.4 is 11.2 Å². The SMILES string of the molecule is Cn1ccc2cc(COC(=O)c3cc4c(=O)n(Cc5ccccc5)c(=O)n(C)c4s3)ccc21. The first-order valence-electron chi connectivity index (χ1n) is 10.4. The molecule has 5 rings (SSSR count). The Labute approximate surface area is 192 Å². The summed E-state index contributed by atoms with van der Waals surface area (Å²) in [7, 11) is 3.58. The number of carbonyl (C=O) groups excluding carboxylic acids is 1. The van der Waals surface area contributed by atoms with Crippen LogP contribution in [0.15, 0.2) is 76.4 Å². The Hall–Kier alpha value is -3.91. The number of thiophene rings is 1. The van der Waals surface area contributed by atoms with E-state index in [2.05, 4.69) is 0 Å². The zero-order valence-corrected chi connectivity index (χ0v) is 19.0. The Bertz CT molecular complexity index is 1620. The van der Waals surface area contributed by atoms with Crippen LogP contribution in [-0.4, -0.2) is 19.7 Å². The first-order chi connectivity index (χ1) is 15.9. The summed E-state index contributed by atoms with van der Waals surface area (Å²) in [6, 6.07) is 18.7. The molecule has 8 heteroatoms. The quantitative estimate of drug-likeness (QED) is 0.376. The summed E-state index contributed by atoms with van der Waals surface area (Å²) in [5.74, 6) is -0.522. The highest BCUT2D eigenvalue weighted by Gasteiger charge is 2.19. The average Bonchev–Trinajstić information content (AvgIpc) is 3.44. The van der Waals surface area contributed by atoms with E-state index in [9.17, 15) is 14.4 Å². The van der Waals surface area contributed by atoms with Crippen molar-refractivity contribution in [2.75, 3.05) is 0 Å². The molecule has 0 spiro atoms. The molecule has 0 aliphatic rings. The second-order valence-corrected chi connectivity index (χ2v) is 8.97. The van der Waals surface area contributed by atoms with Crippen molar-refractivity contribution in [2.45, 2.75) is 13.2 Å². The standard InChI is InChI=1S/C25H21N3O4S/c1-26-11-10-18-12-17(8-9-20(18)26)15-32-24(30)21-13-19-22(29)28(14-16-6-4-3-5-7-16)25(31)27(2)23(19)33-21/h3-13H,14-15H2,1-2H3. The zero-order valence-electron chi connectivity index (χ0n) is 18.1. The maximum atomic E-state index is 13.0. The minimum absolute atomic E-state index is 0.120. The van der Waals surface area contributed by atoms with E-state index in [1.54, 1.807) is 7.05 Å². The molecule has 0 aliphatic carbocycles. The Morgan fingerprint density at radius 2 is 1.76 bits per heavy atom. The normalized spacial score (nSPS) is 11.3. The lowest BCUT2D eigenvalue weighted by molar-refractivity contribution is 0.0479. The van der Waals surface area contributed by atoms with Gasteiger partial charge in [0.1, 0.15) is 16.3 Å². The Balaban J connectivity index is 1.42. The van der Waals surface area contributed by atoms with Crippen LogP contribution in [0.4, 0.5) is 0 Å². The molecule has 2 aromatic carbocycles. The van der Waals surface area contributed by atoms with Crippen molar-refractivity contribution in [1.82, 2.24) is 13.7 Å². The lowest BCUT2D eigenvalue weighted by Gasteiger charge is -2.08. The van der Waals surface area contributed by atoms with Crippen LogP contribution in [0.2, 0.25) is 0 Å². The summed E-state index contributed by atoms with van der Waals surface area (Å²) in [5.41, 5.74) is 1.99. The van der Waals surface area contributed by atoms with E-state index in [-0.39, 0.29) is 18.0 Å². The Morgan fingerprint density at radius 1 is 0.970 bits per heavy atom. The van der Waals surface area contributed by atoms with Gasteiger partial charge in [0, 0.05) is 25.8 Å². The van der Waals surface area contributed by atoms with Gasteiger partial charge in [-0.1, -0.05) is 36.4 Å². The lowest BCUT2D eigenvalue weighted by Crippen LogP contribution is -2.38. The number of benzene rings is 2. The number of aromatic nitrogens is 3. The van der Waals surface area contributed by atoms with Gasteiger partial charge in [-0.05, 0) is 40.8 Å². The van der Waals surface area contributed by atoms with E-state index >= 15 is 0 Å². The van der Waals surface area contributed by atoms with Crippen molar-refractivity contribution in [3.8, 4) is 0 Å². The minimum Gasteiger partial charge on any atom is -0.457 e. The van der Waals surface area contributed by atoms with Gasteiger partial charge in [0.2, 0.25) is 0 Å². The van der Waals surface area contributed by atoms with Crippen molar-refractivity contribution in [1.29, 1.82) is 0 Å². The van der Waals surface area contributed by atoms with Crippen molar-refractivity contribution < 1.29 is 9.53 Å². The van der Waals surface area contributed by atoms with Gasteiger partial charge in [-0.3, -0.25) is 13.9 Å².